The van der Waals surface area contributed by atoms with Crippen LogP contribution in [0.5, 0.6) is 5.75 Å². The molecule has 1 rings (SSSR count). The van der Waals surface area contributed by atoms with E-state index in [9.17, 15) is 13.9 Å². The van der Waals surface area contributed by atoms with Gasteiger partial charge in [-0.2, -0.15) is 8.78 Å². The van der Waals surface area contributed by atoms with Crippen LogP contribution in [0.2, 0.25) is 0 Å². The molecule has 17 heavy (non-hydrogen) atoms. The van der Waals surface area contributed by atoms with Gasteiger partial charge >= 0.3 is 6.61 Å². The predicted octanol–water partition coefficient (Wildman–Crippen LogP) is 2.30. The molecule has 0 amide bonds. The van der Waals surface area contributed by atoms with Crippen LogP contribution in [0.15, 0.2) is 24.3 Å². The summed E-state index contributed by atoms with van der Waals surface area (Å²) in [7, 11) is 0. The van der Waals surface area contributed by atoms with Gasteiger partial charge in [0.2, 0.25) is 0 Å². The normalized spacial score (nSPS) is 15.1. The van der Waals surface area contributed by atoms with Gasteiger partial charge in [-0.1, -0.05) is 26.0 Å². The first-order valence-corrected chi connectivity index (χ1v) is 5.40. The number of aliphatic hydroxyl groups excluding tert-OH is 1. The Morgan fingerprint density at radius 3 is 2.12 bits per heavy atom. The molecule has 0 aliphatic heterocycles. The second kappa shape index (κ2) is 5.93. The number of alkyl halides is 2. The first kappa shape index (κ1) is 13.9. The molecule has 5 heteroatoms. The van der Waals surface area contributed by atoms with Crippen molar-refractivity contribution in [2.75, 3.05) is 0 Å². The molecule has 96 valence electrons. The Balaban J connectivity index is 2.73. The van der Waals surface area contributed by atoms with Gasteiger partial charge < -0.3 is 15.6 Å². The summed E-state index contributed by atoms with van der Waals surface area (Å²) in [4.78, 5) is 0. The molecule has 2 atom stereocenters. The van der Waals surface area contributed by atoms with Crippen molar-refractivity contribution >= 4 is 0 Å². The molecule has 3 N–H and O–H groups in total. The number of hydrogen-bond donors (Lipinski definition) is 2. The number of aliphatic hydroxyl groups is 1. The maximum absolute atomic E-state index is 11.9. The summed E-state index contributed by atoms with van der Waals surface area (Å²) >= 11 is 0. The van der Waals surface area contributed by atoms with E-state index in [-0.39, 0.29) is 11.7 Å². The van der Waals surface area contributed by atoms with Crippen molar-refractivity contribution in [3.8, 4) is 5.75 Å². The van der Waals surface area contributed by atoms with E-state index in [0.717, 1.165) is 0 Å². The van der Waals surface area contributed by atoms with Crippen LogP contribution in [-0.4, -0.2) is 17.8 Å². The van der Waals surface area contributed by atoms with Crippen LogP contribution < -0.4 is 10.5 Å². The summed E-state index contributed by atoms with van der Waals surface area (Å²) in [6.07, 6.45) is -0.810. The third kappa shape index (κ3) is 3.94. The van der Waals surface area contributed by atoms with Gasteiger partial charge in [-0.25, -0.2) is 0 Å². The van der Waals surface area contributed by atoms with Gasteiger partial charge in [-0.05, 0) is 23.6 Å². The summed E-state index contributed by atoms with van der Waals surface area (Å²) in [5.74, 6) is 0.191. The standard InChI is InChI=1S/C12H17F2NO2/c1-7(2)10(15)11(16)8-3-5-9(6-4-8)17-12(13)14/h3-7,10-12,16H,15H2,1-2H3/t10?,11-/m1/s1. The molecule has 0 saturated carbocycles. The molecule has 0 saturated heterocycles. The zero-order chi connectivity index (χ0) is 13.0. The van der Waals surface area contributed by atoms with Crippen LogP contribution in [-0.2, 0) is 0 Å². The van der Waals surface area contributed by atoms with E-state index in [1.807, 2.05) is 13.8 Å². The smallest absolute Gasteiger partial charge is 0.387 e. The quantitative estimate of drug-likeness (QED) is 0.837. The molecular formula is C12H17F2NO2. The lowest BCUT2D eigenvalue weighted by Crippen LogP contribution is -2.33. The van der Waals surface area contributed by atoms with E-state index in [1.54, 1.807) is 0 Å². The molecule has 0 spiro atoms. The average molecular weight is 245 g/mol. The van der Waals surface area contributed by atoms with E-state index in [0.29, 0.717) is 5.56 Å². The molecular weight excluding hydrogens is 228 g/mol. The Kier molecular flexibility index (Phi) is 4.84. The monoisotopic (exact) mass is 245 g/mol. The van der Waals surface area contributed by atoms with Crippen molar-refractivity contribution in [3.63, 3.8) is 0 Å². The lowest BCUT2D eigenvalue weighted by molar-refractivity contribution is -0.0498. The zero-order valence-electron chi connectivity index (χ0n) is 9.81. The van der Waals surface area contributed by atoms with Crippen molar-refractivity contribution in [2.45, 2.75) is 32.6 Å². The highest BCUT2D eigenvalue weighted by atomic mass is 19.3. The van der Waals surface area contributed by atoms with Crippen molar-refractivity contribution in [3.05, 3.63) is 29.8 Å². The molecule has 0 aromatic heterocycles. The van der Waals surface area contributed by atoms with Crippen LogP contribution in [0.1, 0.15) is 25.5 Å². The molecule has 3 nitrogen and oxygen atoms in total. The second-order valence-electron chi connectivity index (χ2n) is 4.21. The van der Waals surface area contributed by atoms with Gasteiger partial charge in [0.1, 0.15) is 5.75 Å². The van der Waals surface area contributed by atoms with Gasteiger partial charge in [0, 0.05) is 6.04 Å². The second-order valence-corrected chi connectivity index (χ2v) is 4.21. The molecule has 1 unspecified atom stereocenters. The summed E-state index contributed by atoms with van der Waals surface area (Å²) in [6, 6.07) is 5.45. The Hall–Kier alpha value is -1.20. The summed E-state index contributed by atoms with van der Waals surface area (Å²) in [5.41, 5.74) is 6.40. The summed E-state index contributed by atoms with van der Waals surface area (Å²) in [5, 5.41) is 9.92. The van der Waals surface area contributed by atoms with Gasteiger partial charge in [0.25, 0.3) is 0 Å². The number of benzene rings is 1. The van der Waals surface area contributed by atoms with Crippen molar-refractivity contribution in [2.24, 2.45) is 11.7 Å². The Bertz CT molecular complexity index is 341. The molecule has 0 heterocycles. The first-order chi connectivity index (χ1) is 7.91. The Labute approximate surface area is 99.2 Å². The van der Waals surface area contributed by atoms with Crippen LogP contribution in [0.3, 0.4) is 0 Å². The molecule has 0 aliphatic carbocycles. The van der Waals surface area contributed by atoms with E-state index in [1.165, 1.54) is 24.3 Å². The fourth-order valence-electron chi connectivity index (χ4n) is 1.43. The van der Waals surface area contributed by atoms with Crippen LogP contribution in [0, 0.1) is 5.92 Å². The Morgan fingerprint density at radius 2 is 1.71 bits per heavy atom. The van der Waals surface area contributed by atoms with E-state index >= 15 is 0 Å². The maximum Gasteiger partial charge on any atom is 0.387 e. The number of rotatable bonds is 5. The molecule has 0 bridgehead atoms. The molecule has 1 aromatic carbocycles. The van der Waals surface area contributed by atoms with E-state index in [4.69, 9.17) is 5.73 Å². The number of hydrogen-bond acceptors (Lipinski definition) is 3. The SMILES string of the molecule is CC(C)C(N)[C@H](O)c1ccc(OC(F)F)cc1. The van der Waals surface area contributed by atoms with Crippen LogP contribution in [0.4, 0.5) is 8.78 Å². The number of halogens is 2. The van der Waals surface area contributed by atoms with Gasteiger partial charge in [0.15, 0.2) is 0 Å². The summed E-state index contributed by atoms with van der Waals surface area (Å²) < 4.78 is 28.1. The van der Waals surface area contributed by atoms with Crippen molar-refractivity contribution in [1.29, 1.82) is 0 Å². The van der Waals surface area contributed by atoms with Crippen LogP contribution >= 0.6 is 0 Å². The predicted molar refractivity (Wildman–Crippen MR) is 60.8 cm³/mol. The third-order valence-electron chi connectivity index (χ3n) is 2.58. The van der Waals surface area contributed by atoms with E-state index in [2.05, 4.69) is 4.74 Å². The van der Waals surface area contributed by atoms with E-state index < -0.39 is 18.8 Å². The van der Waals surface area contributed by atoms with Gasteiger partial charge in [0.05, 0.1) is 6.10 Å². The molecule has 0 aliphatic rings. The Morgan fingerprint density at radius 1 is 1.18 bits per heavy atom. The van der Waals surface area contributed by atoms with Gasteiger partial charge in [-0.3, -0.25) is 0 Å². The molecule has 0 radical (unpaired) electrons. The highest BCUT2D eigenvalue weighted by Gasteiger charge is 2.19. The molecule has 1 aromatic rings. The largest absolute Gasteiger partial charge is 0.435 e. The lowest BCUT2D eigenvalue weighted by Gasteiger charge is -2.22. The third-order valence-corrected chi connectivity index (χ3v) is 2.58. The van der Waals surface area contributed by atoms with Crippen molar-refractivity contribution < 1.29 is 18.6 Å². The highest BCUT2D eigenvalue weighted by molar-refractivity contribution is 5.29. The van der Waals surface area contributed by atoms with Crippen molar-refractivity contribution in [1.82, 2.24) is 0 Å². The highest BCUT2D eigenvalue weighted by Crippen LogP contribution is 2.23. The minimum absolute atomic E-state index is 0.0640. The average Bonchev–Trinajstić information content (AvgIpc) is 2.27. The fraction of sp³-hybridized carbons (Fsp3) is 0.500. The maximum atomic E-state index is 11.9. The zero-order valence-corrected chi connectivity index (χ0v) is 9.81. The number of nitrogens with two attached hydrogens (primary N) is 1. The first-order valence-electron chi connectivity index (χ1n) is 5.40. The minimum Gasteiger partial charge on any atom is -0.435 e. The van der Waals surface area contributed by atoms with Gasteiger partial charge in [-0.15, -0.1) is 0 Å². The summed E-state index contributed by atoms with van der Waals surface area (Å²) in [6.45, 7) is 0.966. The molecule has 0 fully saturated rings. The topological polar surface area (TPSA) is 55.5 Å². The fourth-order valence-corrected chi connectivity index (χ4v) is 1.43. The van der Waals surface area contributed by atoms with Crippen LogP contribution in [0.25, 0.3) is 0 Å². The number of ether oxygens (including phenoxy) is 1. The minimum atomic E-state index is -2.84. The lowest BCUT2D eigenvalue weighted by atomic mass is 9.94.